The Kier molecular flexibility index (Phi) is 4.93. The second-order valence-corrected chi connectivity index (χ2v) is 4.23. The molecule has 0 amide bonds. The lowest BCUT2D eigenvalue weighted by molar-refractivity contribution is -0.131. The number of nitrogens with zero attached hydrogens (tertiary/aromatic N) is 1. The van der Waals surface area contributed by atoms with E-state index in [0.717, 1.165) is 11.6 Å². The van der Waals surface area contributed by atoms with Crippen LogP contribution in [0.2, 0.25) is 0 Å². The van der Waals surface area contributed by atoms with Crippen LogP contribution < -0.4 is 9.47 Å². The van der Waals surface area contributed by atoms with Gasteiger partial charge in [0.2, 0.25) is 0 Å². The lowest BCUT2D eigenvalue weighted by Crippen LogP contribution is -1.98. The van der Waals surface area contributed by atoms with Gasteiger partial charge in [0.15, 0.2) is 0 Å². The van der Waals surface area contributed by atoms with Crippen molar-refractivity contribution in [2.75, 3.05) is 7.11 Å². The van der Waals surface area contributed by atoms with Crippen molar-refractivity contribution in [3.05, 3.63) is 59.9 Å². The quantitative estimate of drug-likeness (QED) is 0.826. The van der Waals surface area contributed by atoms with Crippen molar-refractivity contribution in [2.45, 2.75) is 6.61 Å². The lowest BCUT2D eigenvalue weighted by Gasteiger charge is -2.10. The van der Waals surface area contributed by atoms with Gasteiger partial charge in [-0.1, -0.05) is 6.07 Å². The third-order valence-electron chi connectivity index (χ3n) is 2.74. The molecule has 5 heteroatoms. The lowest BCUT2D eigenvalue weighted by atomic mass is 10.1. The minimum atomic E-state index is -1.02. The van der Waals surface area contributed by atoms with Crippen LogP contribution in [-0.4, -0.2) is 23.2 Å². The predicted octanol–water partition coefficient (Wildman–Crippen LogP) is 2.77. The fourth-order valence-corrected chi connectivity index (χ4v) is 1.72. The second-order valence-electron chi connectivity index (χ2n) is 4.23. The SMILES string of the molecule is COc1ccc(OCc2cccnc2)c(C=CC(=O)O)c1. The van der Waals surface area contributed by atoms with E-state index in [4.69, 9.17) is 14.6 Å². The Labute approximate surface area is 122 Å². The minimum absolute atomic E-state index is 0.355. The molecule has 0 aliphatic carbocycles. The summed E-state index contributed by atoms with van der Waals surface area (Å²) in [7, 11) is 1.55. The average Bonchev–Trinajstić information content (AvgIpc) is 2.52. The zero-order valence-corrected chi connectivity index (χ0v) is 11.5. The van der Waals surface area contributed by atoms with Crippen LogP contribution in [0.25, 0.3) is 6.08 Å². The molecule has 21 heavy (non-hydrogen) atoms. The van der Waals surface area contributed by atoms with Crippen molar-refractivity contribution in [3.63, 3.8) is 0 Å². The standard InChI is InChI=1S/C16H15NO4/c1-20-14-5-6-15(13(9-14)4-7-16(18)19)21-11-12-3-2-8-17-10-12/h2-10H,11H2,1H3,(H,18,19). The summed E-state index contributed by atoms with van der Waals surface area (Å²) in [5.41, 5.74) is 1.57. The molecule has 0 fully saturated rings. The number of methoxy groups -OCH3 is 1. The molecule has 0 aliphatic rings. The summed E-state index contributed by atoms with van der Waals surface area (Å²) >= 11 is 0. The highest BCUT2D eigenvalue weighted by Gasteiger charge is 2.05. The van der Waals surface area contributed by atoms with Crippen molar-refractivity contribution in [2.24, 2.45) is 0 Å². The summed E-state index contributed by atoms with van der Waals surface area (Å²) in [6, 6.07) is 8.96. The monoisotopic (exact) mass is 285 g/mol. The molecule has 0 radical (unpaired) electrons. The van der Waals surface area contributed by atoms with E-state index in [9.17, 15) is 4.79 Å². The number of benzene rings is 1. The number of aliphatic carboxylic acids is 1. The average molecular weight is 285 g/mol. The number of carboxylic acids is 1. The van der Waals surface area contributed by atoms with Gasteiger partial charge in [-0.2, -0.15) is 0 Å². The van der Waals surface area contributed by atoms with Crippen molar-refractivity contribution < 1.29 is 19.4 Å². The van der Waals surface area contributed by atoms with Crippen LogP contribution in [0.3, 0.4) is 0 Å². The van der Waals surface area contributed by atoms with Crippen molar-refractivity contribution in [1.29, 1.82) is 0 Å². The first-order valence-electron chi connectivity index (χ1n) is 6.30. The minimum Gasteiger partial charge on any atom is -0.497 e. The largest absolute Gasteiger partial charge is 0.497 e. The Morgan fingerprint density at radius 1 is 1.38 bits per heavy atom. The van der Waals surface area contributed by atoms with Gasteiger partial charge in [-0.25, -0.2) is 4.79 Å². The van der Waals surface area contributed by atoms with Crippen molar-refractivity contribution in [3.8, 4) is 11.5 Å². The van der Waals surface area contributed by atoms with E-state index in [1.807, 2.05) is 12.1 Å². The molecule has 108 valence electrons. The molecule has 0 aliphatic heterocycles. The summed E-state index contributed by atoms with van der Waals surface area (Å²) in [5.74, 6) is 0.196. The van der Waals surface area contributed by atoms with Gasteiger partial charge in [-0.3, -0.25) is 4.98 Å². The van der Waals surface area contributed by atoms with Crippen LogP contribution in [0, 0.1) is 0 Å². The summed E-state index contributed by atoms with van der Waals surface area (Å²) in [6.45, 7) is 0.355. The third-order valence-corrected chi connectivity index (χ3v) is 2.74. The predicted molar refractivity (Wildman–Crippen MR) is 78.2 cm³/mol. The maximum atomic E-state index is 10.7. The molecule has 2 rings (SSSR count). The van der Waals surface area contributed by atoms with Crippen LogP contribution in [0.4, 0.5) is 0 Å². The van der Waals surface area contributed by atoms with Crippen LogP contribution in [0.1, 0.15) is 11.1 Å². The molecule has 2 aromatic rings. The number of hydrogen-bond donors (Lipinski definition) is 1. The number of hydrogen-bond acceptors (Lipinski definition) is 4. The zero-order chi connectivity index (χ0) is 15.1. The number of carbonyl (C=O) groups is 1. The Bertz CT molecular complexity index is 638. The van der Waals surface area contributed by atoms with Crippen molar-refractivity contribution in [1.82, 2.24) is 4.98 Å². The fourth-order valence-electron chi connectivity index (χ4n) is 1.72. The maximum Gasteiger partial charge on any atom is 0.328 e. The van der Waals surface area contributed by atoms with Crippen LogP contribution in [0.15, 0.2) is 48.8 Å². The number of rotatable bonds is 6. The molecular weight excluding hydrogens is 270 g/mol. The Balaban J connectivity index is 2.19. The Hall–Kier alpha value is -2.82. The summed E-state index contributed by atoms with van der Waals surface area (Å²) in [5, 5.41) is 8.73. The molecule has 0 saturated heterocycles. The summed E-state index contributed by atoms with van der Waals surface area (Å²) in [4.78, 5) is 14.7. The van der Waals surface area contributed by atoms with Gasteiger partial charge in [-0.05, 0) is 30.3 Å². The number of carboxylic acid groups (broad SMARTS) is 1. The van der Waals surface area contributed by atoms with E-state index in [0.29, 0.717) is 23.7 Å². The molecule has 0 bridgehead atoms. The maximum absolute atomic E-state index is 10.7. The van der Waals surface area contributed by atoms with Gasteiger partial charge < -0.3 is 14.6 Å². The highest BCUT2D eigenvalue weighted by molar-refractivity contribution is 5.86. The summed E-state index contributed by atoms with van der Waals surface area (Å²) < 4.78 is 10.8. The van der Waals surface area contributed by atoms with Gasteiger partial charge in [0, 0.05) is 29.6 Å². The number of aromatic nitrogens is 1. The zero-order valence-electron chi connectivity index (χ0n) is 11.5. The van der Waals surface area contributed by atoms with Crippen LogP contribution in [0.5, 0.6) is 11.5 Å². The fraction of sp³-hybridized carbons (Fsp3) is 0.125. The van der Waals surface area contributed by atoms with Crippen LogP contribution in [-0.2, 0) is 11.4 Å². The normalized spacial score (nSPS) is 10.5. The van der Waals surface area contributed by atoms with Gasteiger partial charge in [0.1, 0.15) is 18.1 Å². The van der Waals surface area contributed by atoms with Crippen molar-refractivity contribution >= 4 is 12.0 Å². The second kappa shape index (κ2) is 7.09. The third kappa shape index (κ3) is 4.35. The molecule has 5 nitrogen and oxygen atoms in total. The first-order chi connectivity index (χ1) is 10.2. The molecule has 0 saturated carbocycles. The Morgan fingerprint density at radius 2 is 2.24 bits per heavy atom. The Morgan fingerprint density at radius 3 is 2.90 bits per heavy atom. The topological polar surface area (TPSA) is 68.7 Å². The first kappa shape index (κ1) is 14.6. The van der Waals surface area contributed by atoms with E-state index < -0.39 is 5.97 Å². The molecule has 1 aromatic heterocycles. The number of pyridine rings is 1. The van der Waals surface area contributed by atoms with Gasteiger partial charge in [0.05, 0.1) is 7.11 Å². The van der Waals surface area contributed by atoms with Crippen LogP contribution >= 0.6 is 0 Å². The molecular formula is C16H15NO4. The van der Waals surface area contributed by atoms with E-state index >= 15 is 0 Å². The molecule has 0 atom stereocenters. The number of ether oxygens (including phenoxy) is 2. The highest BCUT2D eigenvalue weighted by Crippen LogP contribution is 2.26. The van der Waals surface area contributed by atoms with E-state index in [1.54, 1.807) is 37.7 Å². The molecule has 0 spiro atoms. The highest BCUT2D eigenvalue weighted by atomic mass is 16.5. The molecule has 1 N–H and O–H groups in total. The van der Waals surface area contributed by atoms with Gasteiger partial charge >= 0.3 is 5.97 Å². The van der Waals surface area contributed by atoms with Gasteiger partial charge in [-0.15, -0.1) is 0 Å². The van der Waals surface area contributed by atoms with E-state index in [-0.39, 0.29) is 0 Å². The summed E-state index contributed by atoms with van der Waals surface area (Å²) in [6.07, 6.45) is 5.95. The van der Waals surface area contributed by atoms with Gasteiger partial charge in [0.25, 0.3) is 0 Å². The molecule has 1 aromatic carbocycles. The van der Waals surface area contributed by atoms with E-state index in [1.165, 1.54) is 6.08 Å². The molecule has 1 heterocycles. The van der Waals surface area contributed by atoms with E-state index in [2.05, 4.69) is 4.98 Å². The molecule has 0 unspecified atom stereocenters. The smallest absolute Gasteiger partial charge is 0.328 e. The first-order valence-corrected chi connectivity index (χ1v) is 6.30.